The van der Waals surface area contributed by atoms with Crippen molar-refractivity contribution in [3.8, 4) is 0 Å². The molecular formula is C10H13FN2O3S. The molecule has 0 aliphatic heterocycles. The Hall–Kier alpha value is -1.34. The highest BCUT2D eigenvalue weighted by Crippen LogP contribution is 2.09. The van der Waals surface area contributed by atoms with Gasteiger partial charge < -0.3 is 0 Å². The molecule has 0 amide bonds. The van der Waals surface area contributed by atoms with Crippen LogP contribution in [-0.4, -0.2) is 25.7 Å². The summed E-state index contributed by atoms with van der Waals surface area (Å²) >= 11 is 0. The van der Waals surface area contributed by atoms with Gasteiger partial charge in [-0.15, -0.1) is 0 Å². The lowest BCUT2D eigenvalue weighted by Gasteiger charge is -2.07. The Balaban J connectivity index is 2.84. The van der Waals surface area contributed by atoms with Gasteiger partial charge in [-0.3, -0.25) is 4.79 Å². The van der Waals surface area contributed by atoms with Crippen molar-refractivity contribution in [2.24, 2.45) is 5.92 Å². The first-order valence-electron chi connectivity index (χ1n) is 4.97. The van der Waals surface area contributed by atoms with Crippen LogP contribution in [-0.2, 0) is 14.8 Å². The van der Waals surface area contributed by atoms with E-state index < -0.39 is 20.9 Å². The molecule has 1 aromatic heterocycles. The normalized spacial score (nSPS) is 11.8. The molecule has 0 saturated carbocycles. The second-order valence-electron chi connectivity index (χ2n) is 3.74. The molecule has 17 heavy (non-hydrogen) atoms. The Bertz CT molecular complexity index is 514. The number of nitrogens with one attached hydrogen (secondary N) is 1. The molecule has 0 aromatic carbocycles. The van der Waals surface area contributed by atoms with Gasteiger partial charge in [-0.05, 0) is 12.1 Å². The minimum atomic E-state index is -4.08. The molecule has 1 rings (SSSR count). The van der Waals surface area contributed by atoms with E-state index in [1.807, 2.05) is 4.72 Å². The number of nitrogens with zero attached hydrogens (tertiary/aromatic N) is 1. The summed E-state index contributed by atoms with van der Waals surface area (Å²) in [5.41, 5.74) is 0. The minimum Gasteiger partial charge on any atom is -0.298 e. The van der Waals surface area contributed by atoms with Gasteiger partial charge in [-0.25, -0.2) is 22.5 Å². The molecule has 0 radical (unpaired) electrons. The van der Waals surface area contributed by atoms with Crippen LogP contribution in [0.3, 0.4) is 0 Å². The number of carbonyl (C=O) groups is 1. The van der Waals surface area contributed by atoms with Gasteiger partial charge in [0.05, 0.1) is 6.54 Å². The summed E-state index contributed by atoms with van der Waals surface area (Å²) in [5, 5.41) is -0.698. The highest BCUT2D eigenvalue weighted by atomic mass is 32.2. The molecule has 1 N–H and O–H groups in total. The third-order valence-electron chi connectivity index (χ3n) is 2.06. The highest BCUT2D eigenvalue weighted by Gasteiger charge is 2.21. The van der Waals surface area contributed by atoms with Gasteiger partial charge in [-0.1, -0.05) is 13.8 Å². The first-order chi connectivity index (χ1) is 7.84. The van der Waals surface area contributed by atoms with Crippen molar-refractivity contribution in [3.05, 3.63) is 24.1 Å². The van der Waals surface area contributed by atoms with Crippen LogP contribution < -0.4 is 4.72 Å². The second kappa shape index (κ2) is 5.33. The SMILES string of the molecule is CC(C)C(=O)CNS(=O)(=O)c1ncccc1F. The maximum absolute atomic E-state index is 13.2. The van der Waals surface area contributed by atoms with Crippen LogP contribution in [0.15, 0.2) is 23.4 Å². The maximum Gasteiger partial charge on any atom is 0.261 e. The van der Waals surface area contributed by atoms with Crippen LogP contribution >= 0.6 is 0 Å². The molecule has 0 saturated heterocycles. The fourth-order valence-corrected chi connectivity index (χ4v) is 2.00. The number of pyridine rings is 1. The van der Waals surface area contributed by atoms with E-state index in [0.29, 0.717) is 0 Å². The number of ketones is 1. The second-order valence-corrected chi connectivity index (χ2v) is 5.42. The molecular weight excluding hydrogens is 247 g/mol. The van der Waals surface area contributed by atoms with Crippen molar-refractivity contribution in [2.45, 2.75) is 18.9 Å². The third-order valence-corrected chi connectivity index (χ3v) is 3.39. The fourth-order valence-electron chi connectivity index (χ4n) is 1.01. The molecule has 7 heteroatoms. The molecule has 0 bridgehead atoms. The number of aromatic nitrogens is 1. The predicted molar refractivity (Wildman–Crippen MR) is 59.2 cm³/mol. The highest BCUT2D eigenvalue weighted by molar-refractivity contribution is 7.89. The first-order valence-corrected chi connectivity index (χ1v) is 6.46. The number of Topliss-reactive ketones (excluding diaryl/α,β-unsaturated/α-hetero) is 1. The van der Waals surface area contributed by atoms with E-state index in [2.05, 4.69) is 4.98 Å². The monoisotopic (exact) mass is 260 g/mol. The van der Waals surface area contributed by atoms with Crippen molar-refractivity contribution < 1.29 is 17.6 Å². The van der Waals surface area contributed by atoms with E-state index in [-0.39, 0.29) is 18.2 Å². The van der Waals surface area contributed by atoms with Crippen molar-refractivity contribution >= 4 is 15.8 Å². The molecule has 5 nitrogen and oxygen atoms in total. The minimum absolute atomic E-state index is 0.273. The zero-order valence-corrected chi connectivity index (χ0v) is 10.3. The maximum atomic E-state index is 13.2. The molecule has 1 heterocycles. The summed E-state index contributed by atoms with van der Waals surface area (Å²) in [4.78, 5) is 14.7. The Morgan fingerprint density at radius 3 is 2.71 bits per heavy atom. The average Bonchev–Trinajstić information content (AvgIpc) is 2.26. The van der Waals surface area contributed by atoms with E-state index in [9.17, 15) is 17.6 Å². The van der Waals surface area contributed by atoms with Gasteiger partial charge >= 0.3 is 0 Å². The van der Waals surface area contributed by atoms with Crippen LogP contribution in [0.1, 0.15) is 13.8 Å². The molecule has 0 unspecified atom stereocenters. The Labute approximate surface area is 99.1 Å². The quantitative estimate of drug-likeness (QED) is 0.846. The average molecular weight is 260 g/mol. The topological polar surface area (TPSA) is 76.1 Å². The van der Waals surface area contributed by atoms with Gasteiger partial charge in [0.2, 0.25) is 5.03 Å². The number of hydrogen-bond donors (Lipinski definition) is 1. The summed E-state index contributed by atoms with van der Waals surface area (Å²) in [6.45, 7) is 2.94. The Morgan fingerprint density at radius 2 is 2.18 bits per heavy atom. The largest absolute Gasteiger partial charge is 0.298 e. The van der Waals surface area contributed by atoms with Gasteiger partial charge in [0.25, 0.3) is 10.0 Å². The molecule has 0 atom stereocenters. The Kier molecular flexibility index (Phi) is 4.30. The number of hydrogen-bond acceptors (Lipinski definition) is 4. The van der Waals surface area contributed by atoms with Crippen molar-refractivity contribution in [1.29, 1.82) is 0 Å². The van der Waals surface area contributed by atoms with Crippen molar-refractivity contribution in [1.82, 2.24) is 9.71 Å². The van der Waals surface area contributed by atoms with E-state index in [0.717, 1.165) is 6.07 Å². The van der Waals surface area contributed by atoms with Crippen molar-refractivity contribution in [3.63, 3.8) is 0 Å². The van der Waals surface area contributed by atoms with Crippen LogP contribution in [0.5, 0.6) is 0 Å². The van der Waals surface area contributed by atoms with E-state index >= 15 is 0 Å². The summed E-state index contributed by atoms with van der Waals surface area (Å²) in [7, 11) is -4.08. The molecule has 0 aliphatic carbocycles. The molecule has 0 aliphatic rings. The lowest BCUT2D eigenvalue weighted by atomic mass is 10.1. The summed E-state index contributed by atoms with van der Waals surface area (Å²) in [5.74, 6) is -1.51. The fraction of sp³-hybridized carbons (Fsp3) is 0.400. The van der Waals surface area contributed by atoms with Gasteiger partial charge in [0, 0.05) is 12.1 Å². The van der Waals surface area contributed by atoms with Gasteiger partial charge in [0.1, 0.15) is 5.78 Å². The molecule has 94 valence electrons. The first kappa shape index (κ1) is 13.7. The summed E-state index contributed by atoms with van der Waals surface area (Å²) < 4.78 is 38.4. The number of rotatable bonds is 5. The van der Waals surface area contributed by atoms with Crippen molar-refractivity contribution in [2.75, 3.05) is 6.54 Å². The molecule has 0 fully saturated rings. The zero-order valence-electron chi connectivity index (χ0n) is 9.47. The number of halogens is 1. The van der Waals surface area contributed by atoms with Crippen LogP contribution in [0.4, 0.5) is 4.39 Å². The van der Waals surface area contributed by atoms with E-state index in [1.165, 1.54) is 12.3 Å². The smallest absolute Gasteiger partial charge is 0.261 e. The van der Waals surface area contributed by atoms with Crippen LogP contribution in [0.25, 0.3) is 0 Å². The molecule has 1 aromatic rings. The predicted octanol–water partition coefficient (Wildman–Crippen LogP) is 0.724. The van der Waals surface area contributed by atoms with Crippen LogP contribution in [0.2, 0.25) is 0 Å². The van der Waals surface area contributed by atoms with Gasteiger partial charge in [-0.2, -0.15) is 0 Å². The summed E-state index contributed by atoms with van der Waals surface area (Å²) in [6.07, 6.45) is 1.17. The number of carbonyl (C=O) groups excluding carboxylic acids is 1. The standard InChI is InChI=1S/C10H13FN2O3S/c1-7(2)9(14)6-13-17(15,16)10-8(11)4-3-5-12-10/h3-5,7,13H,6H2,1-2H3. The number of sulfonamides is 1. The molecule has 0 spiro atoms. The van der Waals surface area contributed by atoms with E-state index in [1.54, 1.807) is 13.8 Å². The lowest BCUT2D eigenvalue weighted by Crippen LogP contribution is -2.32. The van der Waals surface area contributed by atoms with Crippen LogP contribution in [0, 0.1) is 11.7 Å². The van der Waals surface area contributed by atoms with Gasteiger partial charge in [0.15, 0.2) is 5.82 Å². The summed E-state index contributed by atoms with van der Waals surface area (Å²) in [6, 6.07) is 2.28. The zero-order chi connectivity index (χ0) is 13.1. The third kappa shape index (κ3) is 3.57. The van der Waals surface area contributed by atoms with E-state index in [4.69, 9.17) is 0 Å². The lowest BCUT2D eigenvalue weighted by molar-refractivity contribution is -0.120. The Morgan fingerprint density at radius 1 is 1.53 bits per heavy atom.